The van der Waals surface area contributed by atoms with E-state index < -0.39 is 11.8 Å². The second-order valence-electron chi connectivity index (χ2n) is 4.86. The van der Waals surface area contributed by atoms with Gasteiger partial charge in [-0.05, 0) is 24.1 Å². The van der Waals surface area contributed by atoms with E-state index in [2.05, 4.69) is 15.9 Å². The van der Waals surface area contributed by atoms with Gasteiger partial charge in [-0.15, -0.1) is 0 Å². The lowest BCUT2D eigenvalue weighted by molar-refractivity contribution is -0.116. The van der Waals surface area contributed by atoms with E-state index in [1.807, 2.05) is 0 Å². The summed E-state index contributed by atoms with van der Waals surface area (Å²) in [6.07, 6.45) is 0.675. The molecule has 0 spiro atoms. The summed E-state index contributed by atoms with van der Waals surface area (Å²) in [6.45, 7) is 0.638. The molecule has 0 N–H and O–H groups in total. The third-order valence-corrected chi connectivity index (χ3v) is 4.40. The fraction of sp³-hybridized carbons (Fsp3) is 0.462. The second-order valence-corrected chi connectivity index (χ2v) is 5.96. The molecule has 2 atom stereocenters. The number of nitrogens with zero attached hydrogens (tertiary/aromatic N) is 1. The Bertz CT molecular complexity index is 506. The number of amides is 1. The highest BCUT2D eigenvalue weighted by atomic mass is 79.9. The fourth-order valence-corrected chi connectivity index (χ4v) is 2.84. The molecule has 2 fully saturated rings. The van der Waals surface area contributed by atoms with Crippen molar-refractivity contribution in [3.8, 4) is 0 Å². The Morgan fingerprint density at radius 2 is 2.11 bits per heavy atom. The monoisotopic (exact) mass is 315 g/mol. The Labute approximate surface area is 112 Å². The number of rotatable bonds is 2. The lowest BCUT2D eigenvalue weighted by atomic mass is 10.1. The Balaban J connectivity index is 1.86. The molecule has 18 heavy (non-hydrogen) atoms. The van der Waals surface area contributed by atoms with Gasteiger partial charge in [-0.1, -0.05) is 28.1 Å². The fourth-order valence-electron chi connectivity index (χ4n) is 2.39. The summed E-state index contributed by atoms with van der Waals surface area (Å²) < 4.78 is 26.1. The van der Waals surface area contributed by atoms with Crippen LogP contribution in [0.4, 0.5) is 14.5 Å². The smallest absolute Gasteiger partial charge is 0.255 e. The van der Waals surface area contributed by atoms with Crippen LogP contribution in [0.5, 0.6) is 0 Å². The van der Waals surface area contributed by atoms with E-state index in [0.717, 1.165) is 12.1 Å². The molecule has 1 aromatic carbocycles. The maximum atomic E-state index is 13.0. The highest BCUT2D eigenvalue weighted by Crippen LogP contribution is 2.56. The van der Waals surface area contributed by atoms with E-state index >= 15 is 0 Å². The molecule has 1 saturated carbocycles. The predicted molar refractivity (Wildman–Crippen MR) is 68.4 cm³/mol. The second kappa shape index (κ2) is 4.02. The molecule has 2 unspecified atom stereocenters. The van der Waals surface area contributed by atoms with Crippen LogP contribution >= 0.6 is 15.9 Å². The van der Waals surface area contributed by atoms with Gasteiger partial charge in [0.05, 0.1) is 10.7 Å². The molecule has 1 aliphatic heterocycles. The van der Waals surface area contributed by atoms with E-state index in [-0.39, 0.29) is 17.2 Å². The van der Waals surface area contributed by atoms with Crippen LogP contribution < -0.4 is 4.90 Å². The minimum Gasteiger partial charge on any atom is -0.311 e. The van der Waals surface area contributed by atoms with Gasteiger partial charge in [0.15, 0.2) is 0 Å². The summed E-state index contributed by atoms with van der Waals surface area (Å²) in [5, 5.41) is 0. The lowest BCUT2D eigenvalue weighted by Gasteiger charge is -2.16. The van der Waals surface area contributed by atoms with Gasteiger partial charge in [-0.2, -0.15) is 0 Å². The number of alkyl halides is 3. The first kappa shape index (κ1) is 12.1. The topological polar surface area (TPSA) is 20.3 Å². The van der Waals surface area contributed by atoms with Crippen LogP contribution in [0.15, 0.2) is 24.3 Å². The summed E-state index contributed by atoms with van der Waals surface area (Å²) in [5.74, 6) is -3.23. The van der Waals surface area contributed by atoms with Crippen LogP contribution in [-0.2, 0) is 4.79 Å². The van der Waals surface area contributed by atoms with Crippen molar-refractivity contribution in [2.75, 3.05) is 11.4 Å². The molecule has 2 aliphatic rings. The van der Waals surface area contributed by atoms with E-state index in [0.29, 0.717) is 12.1 Å². The van der Waals surface area contributed by atoms with Crippen molar-refractivity contribution in [2.24, 2.45) is 0 Å². The molecule has 1 heterocycles. The predicted octanol–water partition coefficient (Wildman–Crippen LogP) is 3.31. The van der Waals surface area contributed by atoms with Crippen molar-refractivity contribution < 1.29 is 13.6 Å². The van der Waals surface area contributed by atoms with E-state index in [9.17, 15) is 13.6 Å². The van der Waals surface area contributed by atoms with Crippen molar-refractivity contribution in [1.82, 2.24) is 0 Å². The third kappa shape index (κ3) is 1.94. The lowest BCUT2D eigenvalue weighted by Crippen LogP contribution is -2.27. The van der Waals surface area contributed by atoms with Crippen molar-refractivity contribution >= 4 is 27.5 Å². The maximum absolute atomic E-state index is 13.0. The third-order valence-electron chi connectivity index (χ3n) is 3.55. The van der Waals surface area contributed by atoms with Crippen LogP contribution in [-0.4, -0.2) is 23.2 Å². The zero-order valence-corrected chi connectivity index (χ0v) is 11.2. The SMILES string of the molecule is O=C1C(Br)CCN1c1cccc(C2CC2(F)F)c1. The van der Waals surface area contributed by atoms with Gasteiger partial charge >= 0.3 is 0 Å². The van der Waals surface area contributed by atoms with Gasteiger partial charge in [-0.25, -0.2) is 8.78 Å². The Morgan fingerprint density at radius 1 is 1.39 bits per heavy atom. The highest BCUT2D eigenvalue weighted by Gasteiger charge is 2.57. The van der Waals surface area contributed by atoms with Gasteiger partial charge in [0.1, 0.15) is 0 Å². The van der Waals surface area contributed by atoms with Crippen LogP contribution in [0.3, 0.4) is 0 Å². The number of benzene rings is 1. The van der Waals surface area contributed by atoms with E-state index in [4.69, 9.17) is 0 Å². The molecule has 0 aromatic heterocycles. The average Bonchev–Trinajstić information content (AvgIpc) is 2.85. The molecule has 0 radical (unpaired) electrons. The Morgan fingerprint density at radius 3 is 2.67 bits per heavy atom. The zero-order valence-electron chi connectivity index (χ0n) is 9.57. The van der Waals surface area contributed by atoms with Gasteiger partial charge in [0.2, 0.25) is 5.91 Å². The summed E-state index contributed by atoms with van der Waals surface area (Å²) >= 11 is 3.31. The number of carbonyl (C=O) groups is 1. The molecule has 0 bridgehead atoms. The first-order valence-electron chi connectivity index (χ1n) is 5.92. The van der Waals surface area contributed by atoms with Crippen molar-refractivity contribution in [3.63, 3.8) is 0 Å². The summed E-state index contributed by atoms with van der Waals surface area (Å²) in [7, 11) is 0. The number of carbonyl (C=O) groups excluding carboxylic acids is 1. The summed E-state index contributed by atoms with van der Waals surface area (Å²) in [5.41, 5.74) is 1.35. The summed E-state index contributed by atoms with van der Waals surface area (Å²) in [6, 6.07) is 6.97. The molecule has 5 heteroatoms. The molecule has 96 valence electrons. The first-order chi connectivity index (χ1) is 8.49. The number of hydrogen-bond donors (Lipinski definition) is 0. The van der Waals surface area contributed by atoms with Crippen molar-refractivity contribution in [3.05, 3.63) is 29.8 Å². The maximum Gasteiger partial charge on any atom is 0.255 e. The Hall–Kier alpha value is -0.970. The zero-order chi connectivity index (χ0) is 12.9. The normalized spacial score (nSPS) is 29.7. The van der Waals surface area contributed by atoms with Gasteiger partial charge in [-0.3, -0.25) is 4.79 Å². The quantitative estimate of drug-likeness (QED) is 0.767. The van der Waals surface area contributed by atoms with Crippen molar-refractivity contribution in [2.45, 2.75) is 29.5 Å². The van der Waals surface area contributed by atoms with E-state index in [1.54, 1.807) is 29.2 Å². The molecule has 1 amide bonds. The average molecular weight is 316 g/mol. The molecule has 1 aromatic rings. The standard InChI is InChI=1S/C13H12BrF2NO/c14-11-4-5-17(12(11)18)9-3-1-2-8(6-9)10-7-13(10,15)16/h1-3,6,10-11H,4-5,7H2. The van der Waals surface area contributed by atoms with Crippen LogP contribution in [0.1, 0.15) is 24.3 Å². The summed E-state index contributed by atoms with van der Waals surface area (Å²) in [4.78, 5) is 13.4. The molecule has 3 rings (SSSR count). The first-order valence-corrected chi connectivity index (χ1v) is 6.84. The molecular formula is C13H12BrF2NO. The minimum atomic E-state index is -2.56. The van der Waals surface area contributed by atoms with Gasteiger partial charge in [0.25, 0.3) is 5.92 Å². The van der Waals surface area contributed by atoms with Crippen LogP contribution in [0.2, 0.25) is 0 Å². The molecule has 1 aliphatic carbocycles. The van der Waals surface area contributed by atoms with Gasteiger partial charge < -0.3 is 4.90 Å². The number of hydrogen-bond acceptors (Lipinski definition) is 1. The van der Waals surface area contributed by atoms with Gasteiger partial charge in [0, 0.05) is 18.7 Å². The number of halogens is 3. The van der Waals surface area contributed by atoms with E-state index in [1.165, 1.54) is 0 Å². The van der Waals surface area contributed by atoms with Crippen LogP contribution in [0.25, 0.3) is 0 Å². The largest absolute Gasteiger partial charge is 0.311 e. The minimum absolute atomic E-state index is 0.00899. The highest BCUT2D eigenvalue weighted by molar-refractivity contribution is 9.10. The molecular weight excluding hydrogens is 304 g/mol. The van der Waals surface area contributed by atoms with Crippen LogP contribution in [0, 0.1) is 0 Å². The van der Waals surface area contributed by atoms with Crippen molar-refractivity contribution in [1.29, 1.82) is 0 Å². The number of anilines is 1. The molecule has 2 nitrogen and oxygen atoms in total. The Kier molecular flexibility index (Phi) is 2.70. The molecule has 1 saturated heterocycles.